The lowest BCUT2D eigenvalue weighted by molar-refractivity contribution is 0.190. The van der Waals surface area contributed by atoms with Gasteiger partial charge in [0.15, 0.2) is 0 Å². The van der Waals surface area contributed by atoms with Crippen LogP contribution in [0.25, 0.3) is 0 Å². The highest BCUT2D eigenvalue weighted by Gasteiger charge is 1.94. The van der Waals surface area contributed by atoms with Gasteiger partial charge in [-0.1, -0.05) is 0 Å². The zero-order valence-electron chi connectivity index (χ0n) is 7.45. The molecule has 0 unspecified atom stereocenters. The van der Waals surface area contributed by atoms with E-state index in [-0.39, 0.29) is 11.2 Å². The van der Waals surface area contributed by atoms with Crippen molar-refractivity contribution in [2.24, 2.45) is 0 Å². The van der Waals surface area contributed by atoms with Crippen molar-refractivity contribution in [2.75, 3.05) is 13.7 Å². The van der Waals surface area contributed by atoms with Crippen molar-refractivity contribution in [3.63, 3.8) is 0 Å². The summed E-state index contributed by atoms with van der Waals surface area (Å²) in [4.78, 5) is 24.0. The maximum Gasteiger partial charge on any atom is 0.328 e. The molecule has 5 heteroatoms. The van der Waals surface area contributed by atoms with Crippen LogP contribution in [0.4, 0.5) is 0 Å². The van der Waals surface area contributed by atoms with Crippen LogP contribution in [0.15, 0.2) is 21.9 Å². The molecule has 1 heterocycles. The number of methoxy groups -OCH3 is 1. The van der Waals surface area contributed by atoms with Gasteiger partial charge in [0.25, 0.3) is 5.56 Å². The molecule has 0 fully saturated rings. The second-order valence-corrected chi connectivity index (χ2v) is 2.65. The lowest BCUT2D eigenvalue weighted by Crippen LogP contribution is -2.28. The minimum atomic E-state index is -0.372. The third-order valence-electron chi connectivity index (χ3n) is 1.64. The number of nitrogens with zero attached hydrogens (tertiary/aromatic N) is 1. The normalized spacial score (nSPS) is 10.2. The molecule has 0 aliphatic rings. The highest BCUT2D eigenvalue weighted by Crippen LogP contribution is 1.84. The van der Waals surface area contributed by atoms with Crippen LogP contribution in [0.1, 0.15) is 6.42 Å². The highest BCUT2D eigenvalue weighted by molar-refractivity contribution is 4.82. The summed E-state index contributed by atoms with van der Waals surface area (Å²) < 4.78 is 6.28. The third kappa shape index (κ3) is 2.87. The van der Waals surface area contributed by atoms with E-state index < -0.39 is 0 Å². The molecule has 1 aromatic rings. The van der Waals surface area contributed by atoms with Crippen molar-refractivity contribution >= 4 is 0 Å². The number of hydrogen-bond donors (Lipinski definition) is 1. The zero-order valence-corrected chi connectivity index (χ0v) is 7.45. The van der Waals surface area contributed by atoms with Gasteiger partial charge in [0.05, 0.1) is 0 Å². The SMILES string of the molecule is COCCCn1ccc(=O)[nH]c1=O. The molecular formula is C8H12N2O3. The summed E-state index contributed by atoms with van der Waals surface area (Å²) >= 11 is 0. The van der Waals surface area contributed by atoms with Crippen LogP contribution in [0.3, 0.4) is 0 Å². The van der Waals surface area contributed by atoms with Crippen LogP contribution >= 0.6 is 0 Å². The molecule has 1 N–H and O–H groups in total. The average molecular weight is 184 g/mol. The van der Waals surface area contributed by atoms with E-state index in [0.29, 0.717) is 13.2 Å². The van der Waals surface area contributed by atoms with E-state index in [1.54, 1.807) is 7.11 Å². The average Bonchev–Trinajstić information content (AvgIpc) is 2.09. The first-order chi connectivity index (χ1) is 6.24. The standard InChI is InChI=1S/C8H12N2O3/c1-13-6-2-4-10-5-3-7(11)9-8(10)12/h3,5H,2,4,6H2,1H3,(H,9,11,12). The number of aromatic nitrogens is 2. The summed E-state index contributed by atoms with van der Waals surface area (Å²) in [7, 11) is 1.61. The molecule has 1 aromatic heterocycles. The maximum atomic E-state index is 11.1. The molecule has 1 rings (SSSR count). The molecule has 72 valence electrons. The first kappa shape index (κ1) is 9.73. The Labute approximate surface area is 75.0 Å². The summed E-state index contributed by atoms with van der Waals surface area (Å²) in [5.74, 6) is 0. The first-order valence-electron chi connectivity index (χ1n) is 4.03. The Bertz CT molecular complexity index is 366. The molecular weight excluding hydrogens is 172 g/mol. The van der Waals surface area contributed by atoms with E-state index in [1.165, 1.54) is 16.8 Å². The zero-order chi connectivity index (χ0) is 9.68. The van der Waals surface area contributed by atoms with E-state index in [1.807, 2.05) is 0 Å². The minimum absolute atomic E-state index is 0.368. The van der Waals surface area contributed by atoms with E-state index >= 15 is 0 Å². The van der Waals surface area contributed by atoms with Gasteiger partial charge in [0, 0.05) is 32.5 Å². The maximum absolute atomic E-state index is 11.1. The van der Waals surface area contributed by atoms with Gasteiger partial charge in [0.1, 0.15) is 0 Å². The second kappa shape index (κ2) is 4.61. The van der Waals surface area contributed by atoms with Crippen LogP contribution in [0, 0.1) is 0 Å². The van der Waals surface area contributed by atoms with E-state index in [9.17, 15) is 9.59 Å². The topological polar surface area (TPSA) is 64.1 Å². The fourth-order valence-electron chi connectivity index (χ4n) is 1.000. The van der Waals surface area contributed by atoms with Crippen molar-refractivity contribution in [1.29, 1.82) is 0 Å². The molecule has 0 aromatic carbocycles. The Balaban J connectivity index is 2.67. The smallest absolute Gasteiger partial charge is 0.328 e. The number of aromatic amines is 1. The Morgan fingerprint density at radius 3 is 2.92 bits per heavy atom. The lowest BCUT2D eigenvalue weighted by atomic mass is 10.4. The van der Waals surface area contributed by atoms with E-state index in [4.69, 9.17) is 4.74 Å². The largest absolute Gasteiger partial charge is 0.385 e. The minimum Gasteiger partial charge on any atom is -0.385 e. The van der Waals surface area contributed by atoms with Crippen LogP contribution in [-0.2, 0) is 11.3 Å². The third-order valence-corrected chi connectivity index (χ3v) is 1.64. The van der Waals surface area contributed by atoms with Gasteiger partial charge in [-0.15, -0.1) is 0 Å². The van der Waals surface area contributed by atoms with Crippen molar-refractivity contribution in [3.8, 4) is 0 Å². The fourth-order valence-corrected chi connectivity index (χ4v) is 1.000. The molecule has 0 radical (unpaired) electrons. The predicted molar refractivity (Wildman–Crippen MR) is 47.8 cm³/mol. The van der Waals surface area contributed by atoms with Gasteiger partial charge in [-0.25, -0.2) is 4.79 Å². The second-order valence-electron chi connectivity index (χ2n) is 2.65. The Hall–Kier alpha value is -1.36. The van der Waals surface area contributed by atoms with Crippen molar-refractivity contribution in [1.82, 2.24) is 9.55 Å². The highest BCUT2D eigenvalue weighted by atomic mass is 16.5. The van der Waals surface area contributed by atoms with Crippen LogP contribution in [0.2, 0.25) is 0 Å². The lowest BCUT2D eigenvalue weighted by Gasteiger charge is -2.02. The first-order valence-corrected chi connectivity index (χ1v) is 4.03. The molecule has 5 nitrogen and oxygen atoms in total. The van der Waals surface area contributed by atoms with E-state index in [2.05, 4.69) is 4.98 Å². The van der Waals surface area contributed by atoms with Crippen molar-refractivity contribution in [3.05, 3.63) is 33.1 Å². The fraction of sp³-hybridized carbons (Fsp3) is 0.500. The molecule has 0 bridgehead atoms. The van der Waals surface area contributed by atoms with E-state index in [0.717, 1.165) is 6.42 Å². The predicted octanol–water partition coefficient (Wildman–Crippen LogP) is -0.427. The van der Waals surface area contributed by atoms with Crippen LogP contribution < -0.4 is 11.2 Å². The van der Waals surface area contributed by atoms with Crippen LogP contribution in [0.5, 0.6) is 0 Å². The molecule has 0 aliphatic carbocycles. The van der Waals surface area contributed by atoms with Gasteiger partial charge in [-0.05, 0) is 6.42 Å². The summed E-state index contributed by atoms with van der Waals surface area (Å²) in [6, 6.07) is 1.33. The van der Waals surface area contributed by atoms with Crippen LogP contribution in [-0.4, -0.2) is 23.3 Å². The number of nitrogens with one attached hydrogen (secondary N) is 1. The number of aryl methyl sites for hydroxylation is 1. The van der Waals surface area contributed by atoms with Crippen molar-refractivity contribution < 1.29 is 4.74 Å². The van der Waals surface area contributed by atoms with Gasteiger partial charge in [-0.2, -0.15) is 0 Å². The number of hydrogen-bond acceptors (Lipinski definition) is 3. The quantitative estimate of drug-likeness (QED) is 0.646. The van der Waals surface area contributed by atoms with Gasteiger partial charge < -0.3 is 9.30 Å². The monoisotopic (exact) mass is 184 g/mol. The molecule has 0 saturated carbocycles. The summed E-state index contributed by atoms with van der Waals surface area (Å²) in [5, 5.41) is 0. The number of H-pyrrole nitrogens is 1. The number of rotatable bonds is 4. The molecule has 0 spiro atoms. The Kier molecular flexibility index (Phi) is 3.45. The molecule has 0 atom stereocenters. The summed E-state index contributed by atoms with van der Waals surface area (Å²) in [6.07, 6.45) is 2.24. The summed E-state index contributed by atoms with van der Waals surface area (Å²) in [5.41, 5.74) is -0.739. The molecule has 0 amide bonds. The van der Waals surface area contributed by atoms with Gasteiger partial charge >= 0.3 is 5.69 Å². The van der Waals surface area contributed by atoms with Crippen molar-refractivity contribution in [2.45, 2.75) is 13.0 Å². The number of ether oxygens (including phenoxy) is 1. The molecule has 0 saturated heterocycles. The Morgan fingerprint density at radius 1 is 1.54 bits per heavy atom. The van der Waals surface area contributed by atoms with Gasteiger partial charge in [-0.3, -0.25) is 9.78 Å². The summed E-state index contributed by atoms with van der Waals surface area (Å²) in [6.45, 7) is 1.16. The molecule has 0 aliphatic heterocycles. The molecule has 13 heavy (non-hydrogen) atoms. The Morgan fingerprint density at radius 2 is 2.31 bits per heavy atom. The van der Waals surface area contributed by atoms with Gasteiger partial charge in [0.2, 0.25) is 0 Å².